The SMILES string of the molecule is CCCNc1cc(NC2(C)CCCOC2)ncn1. The zero-order chi connectivity index (χ0) is 12.8. The van der Waals surface area contributed by atoms with Gasteiger partial charge in [-0.15, -0.1) is 0 Å². The van der Waals surface area contributed by atoms with Crippen molar-refractivity contribution < 1.29 is 4.74 Å². The zero-order valence-electron chi connectivity index (χ0n) is 11.2. The number of ether oxygens (including phenoxy) is 1. The Kier molecular flexibility index (Phi) is 4.36. The van der Waals surface area contributed by atoms with Gasteiger partial charge in [-0.1, -0.05) is 6.92 Å². The smallest absolute Gasteiger partial charge is 0.131 e. The molecule has 1 unspecified atom stereocenters. The topological polar surface area (TPSA) is 59.1 Å². The van der Waals surface area contributed by atoms with Gasteiger partial charge in [0.05, 0.1) is 12.1 Å². The number of rotatable bonds is 5. The molecule has 5 heteroatoms. The van der Waals surface area contributed by atoms with Crippen molar-refractivity contribution in [3.8, 4) is 0 Å². The quantitative estimate of drug-likeness (QED) is 0.839. The first-order chi connectivity index (χ1) is 8.72. The van der Waals surface area contributed by atoms with E-state index < -0.39 is 0 Å². The molecular weight excluding hydrogens is 228 g/mol. The summed E-state index contributed by atoms with van der Waals surface area (Å²) in [5.41, 5.74) is -0.0192. The molecular formula is C13H22N4O. The lowest BCUT2D eigenvalue weighted by Crippen LogP contribution is -2.43. The second-order valence-electron chi connectivity index (χ2n) is 5.06. The molecule has 2 N–H and O–H groups in total. The Morgan fingerprint density at radius 2 is 2.22 bits per heavy atom. The fraction of sp³-hybridized carbons (Fsp3) is 0.692. The standard InChI is InChI=1S/C13H22N4O/c1-3-6-14-11-8-12(16-10-15-11)17-13(2)5-4-7-18-9-13/h8,10H,3-7,9H2,1-2H3,(H2,14,15,16,17). The van der Waals surface area contributed by atoms with Crippen LogP contribution >= 0.6 is 0 Å². The molecule has 2 rings (SSSR count). The van der Waals surface area contributed by atoms with E-state index in [0.717, 1.165) is 50.7 Å². The Morgan fingerprint density at radius 3 is 2.94 bits per heavy atom. The minimum atomic E-state index is -0.0192. The summed E-state index contributed by atoms with van der Waals surface area (Å²) in [6.07, 6.45) is 4.87. The van der Waals surface area contributed by atoms with Crippen molar-refractivity contribution >= 4 is 11.6 Å². The normalized spacial score (nSPS) is 23.7. The fourth-order valence-electron chi connectivity index (χ4n) is 2.12. The molecule has 5 nitrogen and oxygen atoms in total. The van der Waals surface area contributed by atoms with Crippen LogP contribution in [0, 0.1) is 0 Å². The second-order valence-corrected chi connectivity index (χ2v) is 5.06. The predicted octanol–water partition coefficient (Wildman–Crippen LogP) is 2.28. The number of aromatic nitrogens is 2. The van der Waals surface area contributed by atoms with Gasteiger partial charge >= 0.3 is 0 Å². The van der Waals surface area contributed by atoms with Crippen LogP contribution in [0.3, 0.4) is 0 Å². The highest BCUT2D eigenvalue weighted by molar-refractivity contribution is 5.47. The first kappa shape index (κ1) is 13.1. The van der Waals surface area contributed by atoms with Crippen LogP contribution in [0.25, 0.3) is 0 Å². The van der Waals surface area contributed by atoms with Crippen molar-refractivity contribution in [2.45, 2.75) is 38.6 Å². The molecule has 1 fully saturated rings. The molecule has 18 heavy (non-hydrogen) atoms. The van der Waals surface area contributed by atoms with Crippen molar-refractivity contribution in [3.63, 3.8) is 0 Å². The molecule has 1 saturated heterocycles. The third-order valence-electron chi connectivity index (χ3n) is 3.09. The molecule has 0 aromatic carbocycles. The summed E-state index contributed by atoms with van der Waals surface area (Å²) in [5, 5.41) is 6.72. The molecule has 0 spiro atoms. The summed E-state index contributed by atoms with van der Waals surface area (Å²) in [7, 11) is 0. The molecule has 0 saturated carbocycles. The van der Waals surface area contributed by atoms with Crippen molar-refractivity contribution in [1.29, 1.82) is 0 Å². The minimum Gasteiger partial charge on any atom is -0.379 e. The molecule has 100 valence electrons. The van der Waals surface area contributed by atoms with E-state index in [4.69, 9.17) is 4.74 Å². The van der Waals surface area contributed by atoms with Crippen LogP contribution in [0.15, 0.2) is 12.4 Å². The molecule has 1 aromatic heterocycles. The summed E-state index contributed by atoms with van der Waals surface area (Å²) in [5.74, 6) is 1.73. The zero-order valence-corrected chi connectivity index (χ0v) is 11.2. The van der Waals surface area contributed by atoms with Crippen LogP contribution in [0.1, 0.15) is 33.1 Å². The first-order valence-corrected chi connectivity index (χ1v) is 6.64. The first-order valence-electron chi connectivity index (χ1n) is 6.64. The van der Waals surface area contributed by atoms with E-state index in [0.29, 0.717) is 0 Å². The summed E-state index contributed by atoms with van der Waals surface area (Å²) < 4.78 is 5.53. The summed E-state index contributed by atoms with van der Waals surface area (Å²) in [6.45, 7) is 6.83. The van der Waals surface area contributed by atoms with Gasteiger partial charge < -0.3 is 15.4 Å². The maximum atomic E-state index is 5.53. The van der Waals surface area contributed by atoms with Crippen molar-refractivity contribution in [3.05, 3.63) is 12.4 Å². The Balaban J connectivity index is 1.99. The van der Waals surface area contributed by atoms with Gasteiger partial charge in [0.25, 0.3) is 0 Å². The number of nitrogens with one attached hydrogen (secondary N) is 2. The lowest BCUT2D eigenvalue weighted by molar-refractivity contribution is 0.0539. The third-order valence-corrected chi connectivity index (χ3v) is 3.09. The maximum absolute atomic E-state index is 5.53. The fourth-order valence-corrected chi connectivity index (χ4v) is 2.12. The van der Waals surface area contributed by atoms with Crippen LogP contribution in [0.5, 0.6) is 0 Å². The van der Waals surface area contributed by atoms with Gasteiger partial charge in [0.15, 0.2) is 0 Å². The van der Waals surface area contributed by atoms with Crippen LogP contribution in [0.4, 0.5) is 11.6 Å². The highest BCUT2D eigenvalue weighted by Gasteiger charge is 2.27. The molecule has 1 atom stereocenters. The third kappa shape index (κ3) is 3.57. The van der Waals surface area contributed by atoms with Gasteiger partial charge in [0.2, 0.25) is 0 Å². The van der Waals surface area contributed by atoms with E-state index in [-0.39, 0.29) is 5.54 Å². The van der Waals surface area contributed by atoms with Gasteiger partial charge in [-0.05, 0) is 26.2 Å². The maximum Gasteiger partial charge on any atom is 0.131 e. The van der Waals surface area contributed by atoms with Crippen molar-refractivity contribution in [2.75, 3.05) is 30.4 Å². The molecule has 1 aliphatic heterocycles. The van der Waals surface area contributed by atoms with Crippen LogP contribution < -0.4 is 10.6 Å². The number of anilines is 2. The Labute approximate surface area is 108 Å². The minimum absolute atomic E-state index is 0.0192. The summed E-state index contributed by atoms with van der Waals surface area (Å²) >= 11 is 0. The van der Waals surface area contributed by atoms with E-state index in [1.807, 2.05) is 6.07 Å². The molecule has 1 aliphatic rings. The van der Waals surface area contributed by atoms with Crippen LogP contribution in [0.2, 0.25) is 0 Å². The average Bonchev–Trinajstić information content (AvgIpc) is 2.37. The summed E-state index contributed by atoms with van der Waals surface area (Å²) in [6, 6.07) is 1.95. The second kappa shape index (κ2) is 6.00. The number of hydrogen-bond acceptors (Lipinski definition) is 5. The van der Waals surface area contributed by atoms with E-state index in [2.05, 4.69) is 34.4 Å². The monoisotopic (exact) mass is 250 g/mol. The molecule has 0 amide bonds. The molecule has 0 aliphatic carbocycles. The van der Waals surface area contributed by atoms with Gasteiger partial charge in [0, 0.05) is 19.2 Å². The highest BCUT2D eigenvalue weighted by Crippen LogP contribution is 2.23. The van der Waals surface area contributed by atoms with Gasteiger partial charge in [-0.2, -0.15) is 0 Å². The summed E-state index contributed by atoms with van der Waals surface area (Å²) in [4.78, 5) is 8.47. The van der Waals surface area contributed by atoms with E-state index in [1.165, 1.54) is 0 Å². The molecule has 0 radical (unpaired) electrons. The number of hydrogen-bond donors (Lipinski definition) is 2. The van der Waals surface area contributed by atoms with Crippen molar-refractivity contribution in [1.82, 2.24) is 9.97 Å². The number of nitrogens with zero attached hydrogens (tertiary/aromatic N) is 2. The van der Waals surface area contributed by atoms with Gasteiger partial charge in [-0.3, -0.25) is 0 Å². The van der Waals surface area contributed by atoms with Crippen LogP contribution in [-0.2, 0) is 4.74 Å². The molecule has 1 aromatic rings. The predicted molar refractivity (Wildman–Crippen MR) is 72.9 cm³/mol. The highest BCUT2D eigenvalue weighted by atomic mass is 16.5. The van der Waals surface area contributed by atoms with E-state index in [1.54, 1.807) is 6.33 Å². The lowest BCUT2D eigenvalue weighted by Gasteiger charge is -2.34. The van der Waals surface area contributed by atoms with E-state index >= 15 is 0 Å². The Bertz CT molecular complexity index is 377. The van der Waals surface area contributed by atoms with Gasteiger partial charge in [0.1, 0.15) is 18.0 Å². The Morgan fingerprint density at radius 1 is 1.39 bits per heavy atom. The van der Waals surface area contributed by atoms with Crippen LogP contribution in [-0.4, -0.2) is 35.3 Å². The Hall–Kier alpha value is -1.36. The largest absolute Gasteiger partial charge is 0.379 e. The van der Waals surface area contributed by atoms with E-state index in [9.17, 15) is 0 Å². The molecule has 0 bridgehead atoms. The average molecular weight is 250 g/mol. The van der Waals surface area contributed by atoms with Gasteiger partial charge in [-0.25, -0.2) is 9.97 Å². The lowest BCUT2D eigenvalue weighted by atomic mass is 9.95. The molecule has 2 heterocycles. The van der Waals surface area contributed by atoms with Crippen molar-refractivity contribution in [2.24, 2.45) is 0 Å².